The van der Waals surface area contributed by atoms with Crippen molar-refractivity contribution in [3.8, 4) is 0 Å². The van der Waals surface area contributed by atoms with E-state index in [0.29, 0.717) is 5.69 Å². The van der Waals surface area contributed by atoms with Gasteiger partial charge in [-0.15, -0.1) is 0 Å². The number of nitrogens with two attached hydrogens (primary N) is 1. The van der Waals surface area contributed by atoms with Crippen molar-refractivity contribution in [2.45, 2.75) is 11.8 Å². The molecule has 0 saturated carbocycles. The number of nitrogens with one attached hydrogen (secondary N) is 2. The van der Waals surface area contributed by atoms with Crippen LogP contribution in [0.25, 0.3) is 0 Å². The average Bonchev–Trinajstić information content (AvgIpc) is 2.57. The van der Waals surface area contributed by atoms with Gasteiger partial charge < -0.3 is 0 Å². The van der Waals surface area contributed by atoms with Crippen LogP contribution in [0.15, 0.2) is 64.6 Å². The normalized spacial score (nSPS) is 11.8. The van der Waals surface area contributed by atoms with Crippen molar-refractivity contribution in [2.24, 2.45) is 10.9 Å². The number of amides is 1. The van der Waals surface area contributed by atoms with Crippen LogP contribution in [0, 0.1) is 6.92 Å². The lowest BCUT2D eigenvalue weighted by molar-refractivity contribution is -0.114. The van der Waals surface area contributed by atoms with Crippen molar-refractivity contribution in [3.05, 3.63) is 60.2 Å². The fourth-order valence-electron chi connectivity index (χ4n) is 1.82. The first-order valence-corrected chi connectivity index (χ1v) is 8.15. The minimum absolute atomic E-state index is 0.0473. The number of sulfone groups is 1. The lowest BCUT2D eigenvalue weighted by Crippen LogP contribution is -2.40. The maximum Gasteiger partial charge on any atom is 0.297 e. The van der Waals surface area contributed by atoms with E-state index >= 15 is 0 Å². The lowest BCUT2D eigenvalue weighted by Gasteiger charge is -2.09. The molecule has 0 heterocycles. The van der Waals surface area contributed by atoms with Crippen LogP contribution in [0.2, 0.25) is 0 Å². The smallest absolute Gasteiger partial charge is 0.288 e. The zero-order valence-electron chi connectivity index (χ0n) is 12.4. The summed E-state index contributed by atoms with van der Waals surface area (Å²) in [6, 6.07) is 14.7. The van der Waals surface area contributed by atoms with Crippen molar-refractivity contribution < 1.29 is 13.2 Å². The van der Waals surface area contributed by atoms with Crippen LogP contribution in [-0.2, 0) is 14.6 Å². The maximum atomic E-state index is 12.6. The van der Waals surface area contributed by atoms with Gasteiger partial charge in [-0.3, -0.25) is 15.6 Å². The van der Waals surface area contributed by atoms with Gasteiger partial charge in [-0.2, -0.15) is 5.10 Å². The number of carbonyl (C=O) groups is 1. The second-order valence-corrected chi connectivity index (χ2v) is 6.50. The molecule has 0 aliphatic heterocycles. The van der Waals surface area contributed by atoms with E-state index in [0.717, 1.165) is 5.56 Å². The second kappa shape index (κ2) is 7.03. The van der Waals surface area contributed by atoms with Crippen molar-refractivity contribution in [3.63, 3.8) is 0 Å². The number of hydrazone groups is 1. The Morgan fingerprint density at radius 1 is 1.04 bits per heavy atom. The van der Waals surface area contributed by atoms with Crippen LogP contribution in [0.4, 0.5) is 5.69 Å². The maximum absolute atomic E-state index is 12.6. The molecule has 2 rings (SSSR count). The third-order valence-electron chi connectivity index (χ3n) is 3.06. The molecule has 0 unspecified atom stereocenters. The molecular formula is C15H16N4O3S. The van der Waals surface area contributed by atoms with Crippen LogP contribution in [0.1, 0.15) is 5.56 Å². The van der Waals surface area contributed by atoms with Gasteiger partial charge in [0.1, 0.15) is 0 Å². The van der Waals surface area contributed by atoms with E-state index in [4.69, 9.17) is 5.84 Å². The molecule has 7 nitrogen and oxygen atoms in total. The molecule has 8 heteroatoms. The predicted octanol–water partition coefficient (Wildman–Crippen LogP) is 1.18. The largest absolute Gasteiger partial charge is 0.297 e. The predicted molar refractivity (Wildman–Crippen MR) is 88.2 cm³/mol. The number of para-hydroxylation sites is 1. The summed E-state index contributed by atoms with van der Waals surface area (Å²) in [5.74, 6) is 4.07. The van der Waals surface area contributed by atoms with Crippen LogP contribution in [0.5, 0.6) is 0 Å². The van der Waals surface area contributed by atoms with Gasteiger partial charge in [-0.05, 0) is 30.7 Å². The Bertz CT molecular complexity index is 833. The molecule has 2 aromatic rings. The van der Waals surface area contributed by atoms with Gasteiger partial charge in [-0.1, -0.05) is 36.4 Å². The molecule has 0 bridgehead atoms. The molecule has 0 aromatic heterocycles. The molecule has 4 N–H and O–H groups in total. The summed E-state index contributed by atoms with van der Waals surface area (Å²) in [6.07, 6.45) is 0. The van der Waals surface area contributed by atoms with Gasteiger partial charge in [0.25, 0.3) is 5.91 Å². The molecule has 1 amide bonds. The van der Waals surface area contributed by atoms with E-state index in [-0.39, 0.29) is 4.90 Å². The Morgan fingerprint density at radius 2 is 1.65 bits per heavy atom. The van der Waals surface area contributed by atoms with Gasteiger partial charge in [0, 0.05) is 0 Å². The molecule has 0 aliphatic carbocycles. The highest BCUT2D eigenvalue weighted by Gasteiger charge is 2.29. The summed E-state index contributed by atoms with van der Waals surface area (Å²) in [6.45, 7) is 1.83. The first-order chi connectivity index (χ1) is 11.0. The fraction of sp³-hybridized carbons (Fsp3) is 0.0667. The van der Waals surface area contributed by atoms with Gasteiger partial charge in [0.05, 0.1) is 10.6 Å². The third kappa shape index (κ3) is 3.74. The Labute approximate surface area is 134 Å². The fourth-order valence-corrected chi connectivity index (χ4v) is 3.02. The van der Waals surface area contributed by atoms with Crippen molar-refractivity contribution in [1.29, 1.82) is 0 Å². The first-order valence-electron chi connectivity index (χ1n) is 6.67. The number of hydrogen-bond donors (Lipinski definition) is 3. The monoisotopic (exact) mass is 332 g/mol. The number of benzene rings is 2. The van der Waals surface area contributed by atoms with Crippen LogP contribution < -0.4 is 16.7 Å². The van der Waals surface area contributed by atoms with E-state index < -0.39 is 20.8 Å². The summed E-state index contributed by atoms with van der Waals surface area (Å²) in [5, 5.41) is 3.05. The lowest BCUT2D eigenvalue weighted by atomic mass is 10.2. The van der Waals surface area contributed by atoms with E-state index in [1.54, 1.807) is 35.8 Å². The number of aryl methyl sites for hydroxylation is 1. The summed E-state index contributed by atoms with van der Waals surface area (Å²) >= 11 is 0. The number of rotatable bonds is 3. The van der Waals surface area contributed by atoms with Crippen LogP contribution >= 0.6 is 0 Å². The zero-order chi connectivity index (χ0) is 16.9. The molecule has 120 valence electrons. The van der Waals surface area contributed by atoms with Crippen molar-refractivity contribution in [1.82, 2.24) is 5.43 Å². The van der Waals surface area contributed by atoms with E-state index in [1.165, 1.54) is 12.1 Å². The first kappa shape index (κ1) is 16.7. The van der Waals surface area contributed by atoms with Crippen LogP contribution in [0.3, 0.4) is 0 Å². The standard InChI is InChI=1S/C15H16N4O3S/c1-11-7-5-6-10-13(11)18-19-15(14(20)17-16)23(21,22)12-8-3-2-4-9-12/h2-10,18H,16H2,1H3,(H,17,20)/b19-15+. The highest BCUT2D eigenvalue weighted by Crippen LogP contribution is 2.15. The molecule has 0 atom stereocenters. The number of nitrogens with zero attached hydrogens (tertiary/aromatic N) is 1. The van der Waals surface area contributed by atoms with Gasteiger partial charge in [0.2, 0.25) is 14.9 Å². The highest BCUT2D eigenvalue weighted by atomic mass is 32.2. The van der Waals surface area contributed by atoms with Crippen molar-refractivity contribution in [2.75, 3.05) is 5.43 Å². The topological polar surface area (TPSA) is 114 Å². The third-order valence-corrected chi connectivity index (χ3v) is 4.73. The van der Waals surface area contributed by atoms with Gasteiger partial charge in [0.15, 0.2) is 0 Å². The number of anilines is 1. The molecule has 0 aliphatic rings. The van der Waals surface area contributed by atoms with E-state index in [2.05, 4.69) is 10.5 Å². The number of hydrogen-bond acceptors (Lipinski definition) is 6. The van der Waals surface area contributed by atoms with Crippen molar-refractivity contribution >= 4 is 26.5 Å². The summed E-state index contributed by atoms with van der Waals surface area (Å²) in [4.78, 5) is 11.8. The minimum Gasteiger partial charge on any atom is -0.288 e. The summed E-state index contributed by atoms with van der Waals surface area (Å²) < 4.78 is 25.1. The number of hydrazine groups is 1. The zero-order valence-corrected chi connectivity index (χ0v) is 13.2. The molecule has 0 saturated heterocycles. The van der Waals surface area contributed by atoms with Gasteiger partial charge in [-0.25, -0.2) is 14.3 Å². The molecule has 0 fully saturated rings. The number of carbonyl (C=O) groups excluding carboxylic acids is 1. The summed E-state index contributed by atoms with van der Waals surface area (Å²) in [5.41, 5.74) is 5.83. The van der Waals surface area contributed by atoms with Gasteiger partial charge >= 0.3 is 0 Å². The minimum atomic E-state index is -4.10. The van der Waals surface area contributed by atoms with E-state index in [9.17, 15) is 13.2 Å². The second-order valence-electron chi connectivity index (χ2n) is 4.63. The highest BCUT2D eigenvalue weighted by molar-refractivity contribution is 8.08. The Hall–Kier alpha value is -2.71. The molecule has 0 radical (unpaired) electrons. The molecule has 2 aromatic carbocycles. The molecular weight excluding hydrogens is 316 g/mol. The Morgan fingerprint density at radius 3 is 2.26 bits per heavy atom. The van der Waals surface area contributed by atoms with E-state index in [1.807, 2.05) is 19.1 Å². The molecule has 0 spiro atoms. The average molecular weight is 332 g/mol. The Kier molecular flexibility index (Phi) is 5.09. The SMILES string of the molecule is Cc1ccccc1N/N=C(\C(=O)NN)S(=O)(=O)c1ccccc1. The van der Waals surface area contributed by atoms with Crippen LogP contribution in [-0.4, -0.2) is 19.4 Å². The Balaban J connectivity index is 2.44. The molecule has 23 heavy (non-hydrogen) atoms. The summed E-state index contributed by atoms with van der Waals surface area (Å²) in [7, 11) is -4.10. The quantitative estimate of drug-likeness (QED) is 0.257.